The highest BCUT2D eigenvalue weighted by Gasteiger charge is 2.12. The van der Waals surface area contributed by atoms with Crippen molar-refractivity contribution < 1.29 is 4.79 Å². The van der Waals surface area contributed by atoms with Gasteiger partial charge in [0.15, 0.2) is 0 Å². The molecule has 1 aromatic heterocycles. The third kappa shape index (κ3) is 4.58. The first-order valence-electron chi connectivity index (χ1n) is 8.00. The smallest absolute Gasteiger partial charge is 0.317 e. The van der Waals surface area contributed by atoms with Gasteiger partial charge in [-0.3, -0.25) is 4.68 Å². The second-order valence-corrected chi connectivity index (χ2v) is 6.07. The van der Waals surface area contributed by atoms with E-state index < -0.39 is 0 Å². The van der Waals surface area contributed by atoms with Crippen molar-refractivity contribution in [2.24, 2.45) is 7.05 Å². The zero-order chi connectivity index (χ0) is 16.8. The number of nitrogens with zero attached hydrogens (tertiary/aromatic N) is 3. The fraction of sp³-hybridized carbons (Fsp3) is 0.444. The van der Waals surface area contributed by atoms with E-state index in [2.05, 4.69) is 41.6 Å². The zero-order valence-corrected chi connectivity index (χ0v) is 14.4. The second kappa shape index (κ2) is 7.81. The van der Waals surface area contributed by atoms with Crippen molar-refractivity contribution >= 4 is 6.03 Å². The molecule has 0 radical (unpaired) electrons. The Kier molecular flexibility index (Phi) is 5.79. The first-order chi connectivity index (χ1) is 11.0. The second-order valence-electron chi connectivity index (χ2n) is 6.07. The summed E-state index contributed by atoms with van der Waals surface area (Å²) in [6.45, 7) is 5.44. The molecule has 5 nitrogen and oxygen atoms in total. The lowest BCUT2D eigenvalue weighted by Gasteiger charge is -2.19. The molecule has 0 spiro atoms. The molecule has 23 heavy (non-hydrogen) atoms. The minimum atomic E-state index is -0.0477. The van der Waals surface area contributed by atoms with Gasteiger partial charge in [0.05, 0.1) is 12.7 Å². The number of aryl methyl sites for hydroxylation is 1. The molecule has 0 bridgehead atoms. The SMILES string of the molecule is Cc1c(CN(C)C(=O)NCCC(C)c2ccccc2)cnn1C. The molecule has 0 aliphatic heterocycles. The summed E-state index contributed by atoms with van der Waals surface area (Å²) in [6.07, 6.45) is 2.74. The first kappa shape index (κ1) is 17.1. The molecule has 124 valence electrons. The van der Waals surface area contributed by atoms with E-state index in [-0.39, 0.29) is 6.03 Å². The third-order valence-electron chi connectivity index (χ3n) is 4.31. The number of nitrogens with one attached hydrogen (secondary N) is 1. The van der Waals surface area contributed by atoms with Crippen LogP contribution in [-0.2, 0) is 13.6 Å². The summed E-state index contributed by atoms with van der Waals surface area (Å²) in [5.41, 5.74) is 3.46. The molecule has 0 aliphatic carbocycles. The average Bonchev–Trinajstić information content (AvgIpc) is 2.87. The zero-order valence-electron chi connectivity index (χ0n) is 14.4. The predicted molar refractivity (Wildman–Crippen MR) is 92.3 cm³/mol. The lowest BCUT2D eigenvalue weighted by Crippen LogP contribution is -2.37. The van der Waals surface area contributed by atoms with Crippen molar-refractivity contribution in [3.05, 3.63) is 53.3 Å². The number of benzene rings is 1. The van der Waals surface area contributed by atoms with Crippen LogP contribution in [0.1, 0.15) is 36.1 Å². The monoisotopic (exact) mass is 314 g/mol. The van der Waals surface area contributed by atoms with E-state index in [4.69, 9.17) is 0 Å². The largest absolute Gasteiger partial charge is 0.338 e. The summed E-state index contributed by atoms with van der Waals surface area (Å²) >= 11 is 0. The van der Waals surface area contributed by atoms with Gasteiger partial charge in [0.25, 0.3) is 0 Å². The van der Waals surface area contributed by atoms with Gasteiger partial charge >= 0.3 is 6.03 Å². The molecule has 1 N–H and O–H groups in total. The lowest BCUT2D eigenvalue weighted by molar-refractivity contribution is 0.206. The number of carbonyl (C=O) groups is 1. The van der Waals surface area contributed by atoms with Gasteiger partial charge in [-0.25, -0.2) is 4.79 Å². The van der Waals surface area contributed by atoms with Crippen molar-refractivity contribution in [1.82, 2.24) is 20.0 Å². The van der Waals surface area contributed by atoms with Gasteiger partial charge in [-0.2, -0.15) is 5.10 Å². The van der Waals surface area contributed by atoms with Crippen molar-refractivity contribution in [3.63, 3.8) is 0 Å². The molecule has 0 saturated carbocycles. The Labute approximate surface area is 138 Å². The highest BCUT2D eigenvalue weighted by Crippen LogP contribution is 2.17. The topological polar surface area (TPSA) is 50.2 Å². The first-order valence-corrected chi connectivity index (χ1v) is 8.00. The van der Waals surface area contributed by atoms with Gasteiger partial charge in [-0.15, -0.1) is 0 Å². The Morgan fingerprint density at radius 1 is 1.35 bits per heavy atom. The molecule has 1 unspecified atom stereocenters. The van der Waals surface area contributed by atoms with Gasteiger partial charge in [0.2, 0.25) is 0 Å². The fourth-order valence-electron chi connectivity index (χ4n) is 2.51. The molecule has 2 rings (SSSR count). The molecule has 0 fully saturated rings. The van der Waals surface area contributed by atoms with Gasteiger partial charge in [-0.1, -0.05) is 37.3 Å². The molecule has 1 aromatic carbocycles. The van der Waals surface area contributed by atoms with E-state index in [9.17, 15) is 4.79 Å². The Morgan fingerprint density at radius 2 is 2.04 bits per heavy atom. The van der Waals surface area contributed by atoms with Gasteiger partial charge in [0.1, 0.15) is 0 Å². The molecular formula is C18H26N4O. The van der Waals surface area contributed by atoms with Crippen LogP contribution in [0.4, 0.5) is 4.79 Å². The number of hydrogen-bond donors (Lipinski definition) is 1. The number of amides is 2. The standard InChI is InChI=1S/C18H26N4O/c1-14(16-8-6-5-7-9-16)10-11-19-18(23)21(3)13-17-12-20-22(4)15(17)2/h5-9,12,14H,10-11,13H2,1-4H3,(H,19,23). The highest BCUT2D eigenvalue weighted by molar-refractivity contribution is 5.73. The Hall–Kier alpha value is -2.30. The minimum absolute atomic E-state index is 0.0477. The quantitative estimate of drug-likeness (QED) is 0.891. The fourth-order valence-corrected chi connectivity index (χ4v) is 2.51. The normalized spacial score (nSPS) is 12.0. The van der Waals surface area contributed by atoms with E-state index >= 15 is 0 Å². The summed E-state index contributed by atoms with van der Waals surface area (Å²) in [6, 6.07) is 10.3. The van der Waals surface area contributed by atoms with Crippen LogP contribution in [0.5, 0.6) is 0 Å². The van der Waals surface area contributed by atoms with Gasteiger partial charge in [0, 0.05) is 31.9 Å². The molecule has 5 heteroatoms. The molecule has 1 atom stereocenters. The minimum Gasteiger partial charge on any atom is -0.338 e. The molecule has 0 saturated heterocycles. The van der Waals surface area contributed by atoms with E-state index in [0.29, 0.717) is 19.0 Å². The number of hydrogen-bond acceptors (Lipinski definition) is 2. The van der Waals surface area contributed by atoms with Crippen LogP contribution in [-0.4, -0.2) is 34.3 Å². The van der Waals surface area contributed by atoms with E-state index in [1.807, 2.05) is 38.0 Å². The molecule has 1 heterocycles. The number of carbonyl (C=O) groups excluding carboxylic acids is 1. The van der Waals surface area contributed by atoms with Gasteiger partial charge in [-0.05, 0) is 24.8 Å². The number of rotatable bonds is 6. The van der Waals surface area contributed by atoms with E-state index in [1.54, 1.807) is 4.90 Å². The third-order valence-corrected chi connectivity index (χ3v) is 4.31. The molecule has 2 aromatic rings. The van der Waals surface area contributed by atoms with Crippen LogP contribution in [0.15, 0.2) is 36.5 Å². The van der Waals surface area contributed by atoms with Crippen molar-refractivity contribution in [2.45, 2.75) is 32.7 Å². The summed E-state index contributed by atoms with van der Waals surface area (Å²) in [5.74, 6) is 0.433. The maximum atomic E-state index is 12.2. The Morgan fingerprint density at radius 3 is 2.65 bits per heavy atom. The van der Waals surface area contributed by atoms with Crippen molar-refractivity contribution in [1.29, 1.82) is 0 Å². The van der Waals surface area contributed by atoms with Crippen LogP contribution in [0.3, 0.4) is 0 Å². The summed E-state index contributed by atoms with van der Waals surface area (Å²) < 4.78 is 1.82. The average molecular weight is 314 g/mol. The van der Waals surface area contributed by atoms with Crippen LogP contribution < -0.4 is 5.32 Å². The Bertz CT molecular complexity index is 636. The van der Waals surface area contributed by atoms with Crippen LogP contribution >= 0.6 is 0 Å². The maximum absolute atomic E-state index is 12.2. The highest BCUT2D eigenvalue weighted by atomic mass is 16.2. The van der Waals surface area contributed by atoms with E-state index in [0.717, 1.165) is 17.7 Å². The molecular weight excluding hydrogens is 288 g/mol. The summed E-state index contributed by atoms with van der Waals surface area (Å²) in [4.78, 5) is 13.9. The molecule has 0 aliphatic rings. The van der Waals surface area contributed by atoms with Crippen molar-refractivity contribution in [3.8, 4) is 0 Å². The van der Waals surface area contributed by atoms with Crippen LogP contribution in [0.2, 0.25) is 0 Å². The summed E-state index contributed by atoms with van der Waals surface area (Å²) in [5, 5.41) is 7.20. The number of aromatic nitrogens is 2. The van der Waals surface area contributed by atoms with Crippen molar-refractivity contribution in [2.75, 3.05) is 13.6 Å². The van der Waals surface area contributed by atoms with Gasteiger partial charge < -0.3 is 10.2 Å². The molecule has 2 amide bonds. The van der Waals surface area contributed by atoms with E-state index in [1.165, 1.54) is 5.56 Å². The predicted octanol–water partition coefficient (Wildman–Crippen LogP) is 3.06. The van der Waals surface area contributed by atoms with Crippen LogP contribution in [0.25, 0.3) is 0 Å². The van der Waals surface area contributed by atoms with Crippen LogP contribution in [0, 0.1) is 6.92 Å². The maximum Gasteiger partial charge on any atom is 0.317 e. The lowest BCUT2D eigenvalue weighted by atomic mass is 9.98. The Balaban J connectivity index is 1.77. The number of urea groups is 1. The summed E-state index contributed by atoms with van der Waals surface area (Å²) in [7, 11) is 3.71.